The number of anilines is 1. The maximum absolute atomic E-state index is 12.2. The van der Waals surface area contributed by atoms with Crippen molar-refractivity contribution in [1.29, 1.82) is 0 Å². The second-order valence-electron chi connectivity index (χ2n) is 6.85. The number of carbonyl (C=O) groups is 1. The van der Waals surface area contributed by atoms with Crippen LogP contribution in [0.3, 0.4) is 0 Å². The van der Waals surface area contributed by atoms with E-state index in [1.807, 2.05) is 41.9 Å². The zero-order chi connectivity index (χ0) is 21.9. The Morgan fingerprint density at radius 2 is 2.00 bits per heavy atom. The van der Waals surface area contributed by atoms with Gasteiger partial charge in [-0.1, -0.05) is 49.0 Å². The number of amides is 1. The Morgan fingerprint density at radius 3 is 2.77 bits per heavy atom. The van der Waals surface area contributed by atoms with Crippen molar-refractivity contribution in [2.75, 3.05) is 37.4 Å². The summed E-state index contributed by atoms with van der Waals surface area (Å²) in [5.74, 6) is 1.68. The average Bonchev–Trinajstić information content (AvgIpc) is 3.19. The molecule has 31 heavy (non-hydrogen) atoms. The molecule has 1 amide bonds. The summed E-state index contributed by atoms with van der Waals surface area (Å²) in [6.07, 6.45) is 2.98. The fraction of sp³-hybridized carbons (Fsp3) is 0.455. The molecule has 166 valence electrons. The Kier molecular flexibility index (Phi) is 9.11. The number of hydrogen-bond donors (Lipinski definition) is 2. The van der Waals surface area contributed by atoms with Crippen molar-refractivity contribution < 1.29 is 9.53 Å². The Hall–Kier alpha value is -2.65. The molecular formula is C22H30N6O2S. The number of ether oxygens (including phenoxy) is 1. The molecule has 3 aromatic rings. The SMILES string of the molecule is CCOCCNc1nc(SCC)nc2c1cnn2CCNC(=O)CCc1ccccc1. The fourth-order valence-electron chi connectivity index (χ4n) is 3.11. The van der Waals surface area contributed by atoms with Gasteiger partial charge in [0.05, 0.1) is 24.7 Å². The molecule has 0 radical (unpaired) electrons. The molecule has 3 rings (SSSR count). The van der Waals surface area contributed by atoms with Crippen LogP contribution in [0.25, 0.3) is 11.0 Å². The van der Waals surface area contributed by atoms with Crippen LogP contribution in [-0.2, 0) is 22.5 Å². The Bertz CT molecular complexity index is 963. The first-order valence-electron chi connectivity index (χ1n) is 10.7. The van der Waals surface area contributed by atoms with E-state index < -0.39 is 0 Å². The van der Waals surface area contributed by atoms with Gasteiger partial charge in [0, 0.05) is 26.1 Å². The molecule has 0 aliphatic rings. The van der Waals surface area contributed by atoms with Gasteiger partial charge in [0.1, 0.15) is 5.82 Å². The summed E-state index contributed by atoms with van der Waals surface area (Å²) in [4.78, 5) is 21.5. The van der Waals surface area contributed by atoms with Crippen molar-refractivity contribution >= 4 is 34.5 Å². The van der Waals surface area contributed by atoms with E-state index in [0.29, 0.717) is 44.4 Å². The van der Waals surface area contributed by atoms with Crippen LogP contribution in [0.2, 0.25) is 0 Å². The highest BCUT2D eigenvalue weighted by atomic mass is 32.2. The summed E-state index contributed by atoms with van der Waals surface area (Å²) >= 11 is 1.59. The molecule has 9 heteroatoms. The van der Waals surface area contributed by atoms with Gasteiger partial charge in [-0.2, -0.15) is 5.10 Å². The maximum Gasteiger partial charge on any atom is 0.220 e. The lowest BCUT2D eigenvalue weighted by molar-refractivity contribution is -0.121. The third kappa shape index (κ3) is 6.93. The van der Waals surface area contributed by atoms with Crippen LogP contribution in [-0.4, -0.2) is 57.7 Å². The second-order valence-corrected chi connectivity index (χ2v) is 8.08. The van der Waals surface area contributed by atoms with E-state index in [0.717, 1.165) is 34.6 Å². The Labute approximate surface area is 187 Å². The minimum atomic E-state index is 0.0375. The maximum atomic E-state index is 12.2. The molecule has 0 bridgehead atoms. The molecule has 1 aromatic carbocycles. The number of aryl methyl sites for hydroxylation is 1. The van der Waals surface area contributed by atoms with E-state index in [1.54, 1.807) is 18.0 Å². The summed E-state index contributed by atoms with van der Waals surface area (Å²) in [5.41, 5.74) is 1.93. The summed E-state index contributed by atoms with van der Waals surface area (Å²) in [5, 5.41) is 12.4. The van der Waals surface area contributed by atoms with E-state index in [4.69, 9.17) is 4.74 Å². The molecule has 2 heterocycles. The molecule has 0 saturated heterocycles. The number of carbonyl (C=O) groups excluding carboxylic acids is 1. The largest absolute Gasteiger partial charge is 0.380 e. The van der Waals surface area contributed by atoms with Crippen LogP contribution >= 0.6 is 11.8 Å². The van der Waals surface area contributed by atoms with Gasteiger partial charge in [-0.05, 0) is 24.7 Å². The van der Waals surface area contributed by atoms with Gasteiger partial charge in [0.15, 0.2) is 10.8 Å². The monoisotopic (exact) mass is 442 g/mol. The quantitative estimate of drug-likeness (QED) is 0.239. The van der Waals surface area contributed by atoms with Crippen LogP contribution in [0.4, 0.5) is 5.82 Å². The summed E-state index contributed by atoms with van der Waals surface area (Å²) in [7, 11) is 0. The lowest BCUT2D eigenvalue weighted by Gasteiger charge is -2.10. The normalized spacial score (nSPS) is 11.0. The van der Waals surface area contributed by atoms with Crippen molar-refractivity contribution in [1.82, 2.24) is 25.1 Å². The van der Waals surface area contributed by atoms with Gasteiger partial charge < -0.3 is 15.4 Å². The molecule has 0 atom stereocenters. The number of thioether (sulfide) groups is 1. The summed E-state index contributed by atoms with van der Waals surface area (Å²) < 4.78 is 7.22. The lowest BCUT2D eigenvalue weighted by Crippen LogP contribution is -2.27. The molecule has 0 saturated carbocycles. The molecule has 2 N–H and O–H groups in total. The minimum Gasteiger partial charge on any atom is -0.380 e. The average molecular weight is 443 g/mol. The van der Waals surface area contributed by atoms with Crippen LogP contribution in [0.5, 0.6) is 0 Å². The first kappa shape index (κ1) is 23.0. The first-order valence-corrected chi connectivity index (χ1v) is 11.7. The Balaban J connectivity index is 1.59. The van der Waals surface area contributed by atoms with Crippen molar-refractivity contribution in [3.63, 3.8) is 0 Å². The van der Waals surface area contributed by atoms with Crippen molar-refractivity contribution in [3.05, 3.63) is 42.1 Å². The number of benzene rings is 1. The van der Waals surface area contributed by atoms with Crippen LogP contribution in [0, 0.1) is 0 Å². The number of nitrogens with one attached hydrogen (secondary N) is 2. The van der Waals surface area contributed by atoms with Crippen molar-refractivity contribution in [2.24, 2.45) is 0 Å². The first-order chi connectivity index (χ1) is 15.2. The topological polar surface area (TPSA) is 94.0 Å². The van der Waals surface area contributed by atoms with Crippen molar-refractivity contribution in [3.8, 4) is 0 Å². The van der Waals surface area contributed by atoms with Gasteiger partial charge >= 0.3 is 0 Å². The molecule has 0 aliphatic carbocycles. The highest BCUT2D eigenvalue weighted by molar-refractivity contribution is 7.99. The second kappa shape index (κ2) is 12.3. The van der Waals surface area contributed by atoms with Gasteiger partial charge in [0.25, 0.3) is 0 Å². The van der Waals surface area contributed by atoms with Crippen LogP contribution in [0.1, 0.15) is 25.8 Å². The zero-order valence-corrected chi connectivity index (χ0v) is 19.0. The van der Waals surface area contributed by atoms with E-state index >= 15 is 0 Å². The molecule has 0 unspecified atom stereocenters. The summed E-state index contributed by atoms with van der Waals surface area (Å²) in [6.45, 7) is 7.06. The zero-order valence-electron chi connectivity index (χ0n) is 18.1. The predicted molar refractivity (Wildman–Crippen MR) is 124 cm³/mol. The third-order valence-corrected chi connectivity index (χ3v) is 5.35. The molecule has 2 aromatic heterocycles. The Morgan fingerprint density at radius 1 is 1.16 bits per heavy atom. The molecule has 0 spiro atoms. The number of fused-ring (bicyclic) bond motifs is 1. The van der Waals surface area contributed by atoms with Gasteiger partial charge in [-0.25, -0.2) is 14.6 Å². The van der Waals surface area contributed by atoms with Gasteiger partial charge in [0.2, 0.25) is 5.91 Å². The van der Waals surface area contributed by atoms with Crippen LogP contribution in [0.15, 0.2) is 41.7 Å². The predicted octanol–water partition coefficient (Wildman–Crippen LogP) is 3.14. The minimum absolute atomic E-state index is 0.0375. The smallest absolute Gasteiger partial charge is 0.220 e. The fourth-order valence-corrected chi connectivity index (χ4v) is 3.67. The standard InChI is InChI=1S/C22H30N6O2S/c1-3-30-15-13-24-20-18-16-25-28(21(18)27-22(26-20)31-4-2)14-12-23-19(29)11-10-17-8-6-5-7-9-17/h5-9,16H,3-4,10-15H2,1-2H3,(H,23,29)(H,24,26,27). The lowest BCUT2D eigenvalue weighted by atomic mass is 10.1. The highest BCUT2D eigenvalue weighted by Crippen LogP contribution is 2.24. The van der Waals surface area contributed by atoms with E-state index in [2.05, 4.69) is 32.6 Å². The van der Waals surface area contributed by atoms with Gasteiger partial charge in [-0.3, -0.25) is 4.79 Å². The van der Waals surface area contributed by atoms with E-state index in [9.17, 15) is 4.79 Å². The third-order valence-electron chi connectivity index (χ3n) is 4.62. The van der Waals surface area contributed by atoms with Crippen molar-refractivity contribution in [2.45, 2.75) is 38.4 Å². The number of nitrogens with zero attached hydrogens (tertiary/aromatic N) is 4. The number of aromatic nitrogens is 4. The van der Waals surface area contributed by atoms with Gasteiger partial charge in [-0.15, -0.1) is 0 Å². The van der Waals surface area contributed by atoms with Crippen LogP contribution < -0.4 is 10.6 Å². The molecule has 8 nitrogen and oxygen atoms in total. The molecular weight excluding hydrogens is 412 g/mol. The number of rotatable bonds is 13. The van der Waals surface area contributed by atoms with E-state index in [1.165, 1.54) is 0 Å². The number of hydrogen-bond acceptors (Lipinski definition) is 7. The summed E-state index contributed by atoms with van der Waals surface area (Å²) in [6, 6.07) is 10.0. The van der Waals surface area contributed by atoms with E-state index in [-0.39, 0.29) is 5.91 Å². The highest BCUT2D eigenvalue weighted by Gasteiger charge is 2.13. The molecule has 0 fully saturated rings. The molecule has 0 aliphatic heterocycles.